The van der Waals surface area contributed by atoms with Crippen LogP contribution in [-0.2, 0) is 4.79 Å². The standard InChI is InChI=1S/C17H16ClIN2O2/c1-11(12-5-4-6-13(18)9-12)21-16(22)10-20-17(23)14-7-2-3-8-15(14)19/h2-9,11H,10H2,1H3,(H,20,23)(H,21,22). The van der Waals surface area contributed by atoms with Gasteiger partial charge in [-0.15, -0.1) is 0 Å². The number of hydrogen-bond acceptors (Lipinski definition) is 2. The zero-order chi connectivity index (χ0) is 16.8. The molecule has 4 nitrogen and oxygen atoms in total. The highest BCUT2D eigenvalue weighted by molar-refractivity contribution is 14.1. The maximum atomic E-state index is 12.1. The summed E-state index contributed by atoms with van der Waals surface area (Å²) in [7, 11) is 0. The lowest BCUT2D eigenvalue weighted by atomic mass is 10.1. The molecule has 1 unspecified atom stereocenters. The Bertz CT molecular complexity index is 721. The molecule has 0 saturated heterocycles. The van der Waals surface area contributed by atoms with Gasteiger partial charge in [0.05, 0.1) is 18.2 Å². The molecule has 2 aromatic carbocycles. The number of rotatable bonds is 5. The van der Waals surface area contributed by atoms with Crippen molar-refractivity contribution in [1.82, 2.24) is 10.6 Å². The summed E-state index contributed by atoms with van der Waals surface area (Å²) in [6, 6.07) is 14.3. The molecule has 0 aromatic heterocycles. The molecule has 2 N–H and O–H groups in total. The van der Waals surface area contributed by atoms with E-state index in [0.29, 0.717) is 10.6 Å². The first kappa shape index (κ1) is 17.7. The van der Waals surface area contributed by atoms with E-state index in [-0.39, 0.29) is 24.4 Å². The number of carbonyl (C=O) groups is 2. The van der Waals surface area contributed by atoms with Gasteiger partial charge < -0.3 is 10.6 Å². The molecule has 0 heterocycles. The Morgan fingerprint density at radius 2 is 1.91 bits per heavy atom. The zero-order valence-electron chi connectivity index (χ0n) is 12.5. The van der Waals surface area contributed by atoms with Crippen LogP contribution in [0.25, 0.3) is 0 Å². The van der Waals surface area contributed by atoms with Gasteiger partial charge in [-0.2, -0.15) is 0 Å². The van der Waals surface area contributed by atoms with Crippen LogP contribution in [0.1, 0.15) is 28.9 Å². The quantitative estimate of drug-likeness (QED) is 0.696. The maximum absolute atomic E-state index is 12.1. The van der Waals surface area contributed by atoms with E-state index < -0.39 is 0 Å². The average Bonchev–Trinajstić information content (AvgIpc) is 2.53. The summed E-state index contributed by atoms with van der Waals surface area (Å²) in [6.07, 6.45) is 0. The third kappa shape index (κ3) is 5.21. The van der Waals surface area contributed by atoms with Crippen LogP contribution >= 0.6 is 34.2 Å². The van der Waals surface area contributed by atoms with E-state index in [1.165, 1.54) is 0 Å². The molecule has 0 aliphatic heterocycles. The second kappa shape index (κ2) is 8.31. The fourth-order valence-electron chi connectivity index (χ4n) is 2.05. The van der Waals surface area contributed by atoms with Crippen molar-refractivity contribution < 1.29 is 9.59 Å². The van der Waals surface area contributed by atoms with Gasteiger partial charge >= 0.3 is 0 Å². The van der Waals surface area contributed by atoms with Crippen LogP contribution in [0.4, 0.5) is 0 Å². The Hall–Kier alpha value is -1.60. The minimum Gasteiger partial charge on any atom is -0.348 e. The van der Waals surface area contributed by atoms with Gasteiger partial charge in [0, 0.05) is 8.59 Å². The van der Waals surface area contributed by atoms with Crippen molar-refractivity contribution in [3.05, 3.63) is 68.3 Å². The Balaban J connectivity index is 1.88. The molecule has 2 amide bonds. The van der Waals surface area contributed by atoms with Crippen LogP contribution in [0.3, 0.4) is 0 Å². The second-order valence-corrected chi connectivity index (χ2v) is 6.61. The Morgan fingerprint density at radius 1 is 1.17 bits per heavy atom. The highest BCUT2D eigenvalue weighted by atomic mass is 127. The van der Waals surface area contributed by atoms with Gasteiger partial charge in [-0.05, 0) is 59.3 Å². The van der Waals surface area contributed by atoms with Crippen LogP contribution in [-0.4, -0.2) is 18.4 Å². The largest absolute Gasteiger partial charge is 0.348 e. The summed E-state index contributed by atoms with van der Waals surface area (Å²) >= 11 is 8.03. The highest BCUT2D eigenvalue weighted by Gasteiger charge is 2.13. The lowest BCUT2D eigenvalue weighted by molar-refractivity contribution is -0.120. The molecule has 2 aromatic rings. The lowest BCUT2D eigenvalue weighted by Gasteiger charge is -2.15. The number of hydrogen-bond donors (Lipinski definition) is 2. The summed E-state index contributed by atoms with van der Waals surface area (Å²) < 4.78 is 0.843. The van der Waals surface area contributed by atoms with Gasteiger partial charge in [0.2, 0.25) is 5.91 Å². The summed E-state index contributed by atoms with van der Waals surface area (Å²) in [5.41, 5.74) is 1.47. The fraction of sp³-hybridized carbons (Fsp3) is 0.176. The number of carbonyl (C=O) groups excluding carboxylic acids is 2. The molecule has 0 saturated carbocycles. The Kier molecular flexibility index (Phi) is 6.41. The number of halogens is 2. The molecule has 120 valence electrons. The first-order chi connectivity index (χ1) is 11.0. The molecule has 0 aliphatic rings. The minimum absolute atomic E-state index is 0.0747. The van der Waals surface area contributed by atoms with Crippen LogP contribution < -0.4 is 10.6 Å². The van der Waals surface area contributed by atoms with Crippen molar-refractivity contribution in [3.63, 3.8) is 0 Å². The Labute approximate surface area is 153 Å². The molecule has 0 bridgehead atoms. The van der Waals surface area contributed by atoms with Crippen LogP contribution in [0, 0.1) is 3.57 Å². The van der Waals surface area contributed by atoms with E-state index in [4.69, 9.17) is 11.6 Å². The van der Waals surface area contributed by atoms with Crippen molar-refractivity contribution in [3.8, 4) is 0 Å². The number of benzene rings is 2. The van der Waals surface area contributed by atoms with Crippen molar-refractivity contribution in [2.45, 2.75) is 13.0 Å². The highest BCUT2D eigenvalue weighted by Crippen LogP contribution is 2.17. The molecule has 0 radical (unpaired) electrons. The van der Waals surface area contributed by atoms with E-state index >= 15 is 0 Å². The fourth-order valence-corrected chi connectivity index (χ4v) is 2.88. The van der Waals surface area contributed by atoms with Gasteiger partial charge in [-0.1, -0.05) is 35.9 Å². The summed E-state index contributed by atoms with van der Waals surface area (Å²) in [5, 5.41) is 6.08. The summed E-state index contributed by atoms with van der Waals surface area (Å²) in [5.74, 6) is -0.516. The van der Waals surface area contributed by atoms with Gasteiger partial charge in [-0.3, -0.25) is 9.59 Å². The lowest BCUT2D eigenvalue weighted by Crippen LogP contribution is -2.38. The normalized spacial score (nSPS) is 11.6. The summed E-state index contributed by atoms with van der Waals surface area (Å²) in [4.78, 5) is 24.0. The van der Waals surface area contributed by atoms with E-state index in [9.17, 15) is 9.59 Å². The van der Waals surface area contributed by atoms with Crippen molar-refractivity contribution in [1.29, 1.82) is 0 Å². The summed E-state index contributed by atoms with van der Waals surface area (Å²) in [6.45, 7) is 1.79. The number of nitrogens with one attached hydrogen (secondary N) is 2. The van der Waals surface area contributed by atoms with Crippen molar-refractivity contribution >= 4 is 46.0 Å². The second-order valence-electron chi connectivity index (χ2n) is 5.01. The third-order valence-corrected chi connectivity index (χ3v) is 4.43. The molecular weight excluding hydrogens is 427 g/mol. The van der Waals surface area contributed by atoms with Crippen molar-refractivity contribution in [2.75, 3.05) is 6.54 Å². The molecular formula is C17H16ClIN2O2. The van der Waals surface area contributed by atoms with E-state index in [0.717, 1.165) is 9.13 Å². The topological polar surface area (TPSA) is 58.2 Å². The molecule has 1 atom stereocenters. The molecule has 23 heavy (non-hydrogen) atoms. The first-order valence-corrected chi connectivity index (χ1v) is 8.50. The van der Waals surface area contributed by atoms with Gasteiger partial charge in [0.1, 0.15) is 0 Å². The van der Waals surface area contributed by atoms with Gasteiger partial charge in [-0.25, -0.2) is 0 Å². The molecule has 6 heteroatoms. The van der Waals surface area contributed by atoms with Crippen LogP contribution in [0.15, 0.2) is 48.5 Å². The van der Waals surface area contributed by atoms with E-state index in [1.54, 1.807) is 24.3 Å². The third-order valence-electron chi connectivity index (χ3n) is 3.25. The zero-order valence-corrected chi connectivity index (χ0v) is 15.4. The van der Waals surface area contributed by atoms with Crippen LogP contribution in [0.2, 0.25) is 5.02 Å². The average molecular weight is 443 g/mol. The predicted molar refractivity (Wildman–Crippen MR) is 99.5 cm³/mol. The van der Waals surface area contributed by atoms with E-state index in [1.807, 2.05) is 31.2 Å². The molecule has 0 fully saturated rings. The first-order valence-electron chi connectivity index (χ1n) is 7.05. The monoisotopic (exact) mass is 442 g/mol. The molecule has 2 rings (SSSR count). The smallest absolute Gasteiger partial charge is 0.252 e. The van der Waals surface area contributed by atoms with Crippen molar-refractivity contribution in [2.24, 2.45) is 0 Å². The van der Waals surface area contributed by atoms with E-state index in [2.05, 4.69) is 33.2 Å². The number of amides is 2. The minimum atomic E-state index is -0.263. The SMILES string of the molecule is CC(NC(=O)CNC(=O)c1ccccc1I)c1cccc(Cl)c1. The maximum Gasteiger partial charge on any atom is 0.252 e. The molecule has 0 spiro atoms. The predicted octanol–water partition coefficient (Wildman–Crippen LogP) is 3.55. The molecule has 0 aliphatic carbocycles. The van der Waals surface area contributed by atoms with Gasteiger partial charge in [0.25, 0.3) is 5.91 Å². The van der Waals surface area contributed by atoms with Crippen LogP contribution in [0.5, 0.6) is 0 Å². The Morgan fingerprint density at radius 3 is 2.61 bits per heavy atom. The van der Waals surface area contributed by atoms with Gasteiger partial charge in [0.15, 0.2) is 0 Å².